The van der Waals surface area contributed by atoms with Gasteiger partial charge in [-0.1, -0.05) is 5.21 Å². The monoisotopic (exact) mass is 440 g/mol. The molecule has 1 aliphatic rings. The SMILES string of the molecule is O=S(=O)(c1cccnc1)N1CCN(c2ncnc3c2nnn3-c2ccc(F)cc2)CC1. The molecule has 0 amide bonds. The van der Waals surface area contributed by atoms with Crippen LogP contribution in [0.2, 0.25) is 0 Å². The smallest absolute Gasteiger partial charge is 0.244 e. The molecule has 0 unspecified atom stereocenters. The Kier molecular flexibility index (Phi) is 4.79. The zero-order chi connectivity index (χ0) is 21.4. The molecule has 31 heavy (non-hydrogen) atoms. The molecule has 0 atom stereocenters. The van der Waals surface area contributed by atoms with Crippen molar-refractivity contribution in [3.05, 3.63) is 60.9 Å². The number of aromatic nitrogens is 6. The van der Waals surface area contributed by atoms with Crippen molar-refractivity contribution in [1.29, 1.82) is 0 Å². The van der Waals surface area contributed by atoms with Gasteiger partial charge in [-0.3, -0.25) is 4.98 Å². The van der Waals surface area contributed by atoms with E-state index in [9.17, 15) is 12.8 Å². The van der Waals surface area contributed by atoms with Gasteiger partial charge in [0.1, 0.15) is 17.0 Å². The lowest BCUT2D eigenvalue weighted by Crippen LogP contribution is -2.49. The number of rotatable bonds is 4. The van der Waals surface area contributed by atoms with Crippen LogP contribution in [-0.2, 0) is 10.0 Å². The Labute approximate surface area is 177 Å². The summed E-state index contributed by atoms with van der Waals surface area (Å²) in [5.74, 6) is 0.236. The van der Waals surface area contributed by atoms with Crippen molar-refractivity contribution in [3.8, 4) is 5.69 Å². The van der Waals surface area contributed by atoms with Crippen LogP contribution in [0.4, 0.5) is 10.2 Å². The topological polar surface area (TPSA) is 110 Å². The van der Waals surface area contributed by atoms with Crippen molar-refractivity contribution in [1.82, 2.24) is 34.3 Å². The van der Waals surface area contributed by atoms with Gasteiger partial charge in [0, 0.05) is 38.6 Å². The van der Waals surface area contributed by atoms with Gasteiger partial charge in [0.2, 0.25) is 10.0 Å². The third-order valence-corrected chi connectivity index (χ3v) is 6.98. The maximum absolute atomic E-state index is 13.2. The first-order chi connectivity index (χ1) is 15.0. The number of fused-ring (bicyclic) bond motifs is 1. The molecule has 0 saturated carbocycles. The van der Waals surface area contributed by atoms with Gasteiger partial charge in [-0.05, 0) is 36.4 Å². The van der Waals surface area contributed by atoms with Crippen LogP contribution >= 0.6 is 0 Å². The Morgan fingerprint density at radius 1 is 0.968 bits per heavy atom. The lowest BCUT2D eigenvalue weighted by atomic mass is 10.3. The van der Waals surface area contributed by atoms with Crippen LogP contribution in [0.3, 0.4) is 0 Å². The van der Waals surface area contributed by atoms with Gasteiger partial charge in [-0.25, -0.2) is 22.8 Å². The molecule has 1 fully saturated rings. The third kappa shape index (κ3) is 3.49. The molecule has 0 spiro atoms. The standard InChI is InChI=1S/C19H17FN8O2S/c20-14-3-5-15(6-4-14)28-19-17(24-25-28)18(22-13-23-19)26-8-10-27(11-9-26)31(29,30)16-2-1-7-21-12-16/h1-7,12-13H,8-11H2. The van der Waals surface area contributed by atoms with E-state index >= 15 is 0 Å². The van der Waals surface area contributed by atoms with E-state index in [1.54, 1.807) is 18.2 Å². The lowest BCUT2D eigenvalue weighted by molar-refractivity contribution is 0.384. The van der Waals surface area contributed by atoms with Gasteiger partial charge in [0.15, 0.2) is 17.0 Å². The zero-order valence-corrected chi connectivity index (χ0v) is 17.0. The highest BCUT2D eigenvalue weighted by atomic mass is 32.2. The number of hydrogen-bond acceptors (Lipinski definition) is 8. The molecular weight excluding hydrogens is 423 g/mol. The van der Waals surface area contributed by atoms with Gasteiger partial charge >= 0.3 is 0 Å². The Hall–Kier alpha value is -3.51. The number of hydrogen-bond donors (Lipinski definition) is 0. The van der Waals surface area contributed by atoms with Gasteiger partial charge in [0.05, 0.1) is 5.69 Å². The Bertz CT molecular complexity index is 1320. The van der Waals surface area contributed by atoms with Gasteiger partial charge in [-0.2, -0.15) is 8.99 Å². The Morgan fingerprint density at radius 2 is 1.74 bits per heavy atom. The molecule has 4 heterocycles. The predicted octanol–water partition coefficient (Wildman–Crippen LogP) is 1.26. The van der Waals surface area contributed by atoms with Crippen molar-refractivity contribution >= 4 is 27.0 Å². The molecular formula is C19H17FN8O2S. The largest absolute Gasteiger partial charge is 0.352 e. The number of sulfonamides is 1. The molecule has 12 heteroatoms. The highest BCUT2D eigenvalue weighted by Gasteiger charge is 2.30. The average molecular weight is 440 g/mol. The molecule has 3 aromatic heterocycles. The van der Waals surface area contributed by atoms with E-state index in [2.05, 4.69) is 25.3 Å². The third-order valence-electron chi connectivity index (χ3n) is 5.10. The van der Waals surface area contributed by atoms with Gasteiger partial charge < -0.3 is 4.90 Å². The summed E-state index contributed by atoms with van der Waals surface area (Å²) in [5, 5.41) is 8.37. The maximum Gasteiger partial charge on any atom is 0.244 e. The molecule has 0 radical (unpaired) electrons. The van der Waals surface area contributed by atoms with Crippen molar-refractivity contribution in [2.45, 2.75) is 4.90 Å². The minimum absolute atomic E-state index is 0.176. The Balaban J connectivity index is 1.40. The van der Waals surface area contributed by atoms with Gasteiger partial charge in [0.25, 0.3) is 0 Å². The van der Waals surface area contributed by atoms with Crippen LogP contribution in [0.15, 0.2) is 60.0 Å². The van der Waals surface area contributed by atoms with Crippen molar-refractivity contribution < 1.29 is 12.8 Å². The summed E-state index contributed by atoms with van der Waals surface area (Å²) in [7, 11) is -3.60. The second-order valence-electron chi connectivity index (χ2n) is 6.93. The van der Waals surface area contributed by atoms with Crippen LogP contribution in [0.5, 0.6) is 0 Å². The number of anilines is 1. The normalized spacial score (nSPS) is 15.5. The number of pyridine rings is 1. The van der Waals surface area contributed by atoms with Crippen molar-refractivity contribution in [3.63, 3.8) is 0 Å². The minimum Gasteiger partial charge on any atom is -0.352 e. The summed E-state index contributed by atoms with van der Waals surface area (Å²) in [5.41, 5.74) is 1.61. The van der Waals surface area contributed by atoms with Crippen molar-refractivity contribution in [2.75, 3.05) is 31.1 Å². The summed E-state index contributed by atoms with van der Waals surface area (Å²) in [6.07, 6.45) is 4.31. The minimum atomic E-state index is -3.60. The first kappa shape index (κ1) is 19.5. The summed E-state index contributed by atoms with van der Waals surface area (Å²) in [4.78, 5) is 14.7. The van der Waals surface area contributed by atoms with Crippen molar-refractivity contribution in [2.24, 2.45) is 0 Å². The average Bonchev–Trinajstić information content (AvgIpc) is 3.25. The van der Waals surface area contributed by atoms with E-state index in [-0.39, 0.29) is 10.7 Å². The molecule has 0 bridgehead atoms. The molecule has 1 aliphatic heterocycles. The zero-order valence-electron chi connectivity index (χ0n) is 16.2. The second kappa shape index (κ2) is 7.63. The molecule has 1 saturated heterocycles. The van der Waals surface area contributed by atoms with E-state index in [1.807, 2.05) is 4.90 Å². The molecule has 1 aromatic carbocycles. The highest BCUT2D eigenvalue weighted by molar-refractivity contribution is 7.89. The first-order valence-corrected chi connectivity index (χ1v) is 11.0. The molecule has 10 nitrogen and oxygen atoms in total. The van der Waals surface area contributed by atoms with E-state index in [1.165, 1.54) is 45.9 Å². The molecule has 4 aromatic rings. The van der Waals surface area contributed by atoms with E-state index in [0.717, 1.165) is 0 Å². The summed E-state index contributed by atoms with van der Waals surface area (Å²) >= 11 is 0. The number of piperazine rings is 1. The molecule has 5 rings (SSSR count). The fourth-order valence-corrected chi connectivity index (χ4v) is 4.90. The second-order valence-corrected chi connectivity index (χ2v) is 8.86. The van der Waals surface area contributed by atoms with Crippen LogP contribution in [0.25, 0.3) is 16.9 Å². The highest BCUT2D eigenvalue weighted by Crippen LogP contribution is 2.25. The Morgan fingerprint density at radius 3 is 2.45 bits per heavy atom. The maximum atomic E-state index is 13.2. The van der Waals surface area contributed by atoms with E-state index in [0.29, 0.717) is 48.8 Å². The van der Waals surface area contributed by atoms with Crippen LogP contribution in [0.1, 0.15) is 0 Å². The molecule has 0 N–H and O–H groups in total. The van der Waals surface area contributed by atoms with Gasteiger partial charge in [-0.15, -0.1) is 5.10 Å². The summed E-state index contributed by atoms with van der Waals surface area (Å²) < 4.78 is 41.8. The van der Waals surface area contributed by atoms with E-state index < -0.39 is 10.0 Å². The van der Waals surface area contributed by atoms with Crippen LogP contribution < -0.4 is 4.90 Å². The van der Waals surface area contributed by atoms with Crippen LogP contribution in [0, 0.1) is 5.82 Å². The lowest BCUT2D eigenvalue weighted by Gasteiger charge is -2.34. The van der Waals surface area contributed by atoms with Crippen LogP contribution in [-0.4, -0.2) is 68.8 Å². The fraction of sp³-hybridized carbons (Fsp3) is 0.211. The van der Waals surface area contributed by atoms with E-state index in [4.69, 9.17) is 0 Å². The number of benzene rings is 1. The quantitative estimate of drug-likeness (QED) is 0.466. The molecule has 0 aliphatic carbocycles. The number of halogens is 1. The summed E-state index contributed by atoms with van der Waals surface area (Å²) in [6.45, 7) is 1.48. The first-order valence-electron chi connectivity index (χ1n) is 9.51. The predicted molar refractivity (Wildman–Crippen MR) is 110 cm³/mol. The summed E-state index contributed by atoms with van der Waals surface area (Å²) in [6, 6.07) is 9.00. The fourth-order valence-electron chi connectivity index (χ4n) is 3.51. The molecule has 158 valence electrons. The number of nitrogens with zero attached hydrogens (tertiary/aromatic N) is 8.